The molecule has 0 unspecified atom stereocenters. The van der Waals surface area contributed by atoms with E-state index < -0.39 is 0 Å². The number of aromatic nitrogens is 1. The highest BCUT2D eigenvalue weighted by Crippen LogP contribution is 2.28. The molecule has 78 valence electrons. The molecule has 0 aliphatic rings. The fourth-order valence-corrected chi connectivity index (χ4v) is 2.06. The molecular formula is C10H9ClN2OS. The molecule has 0 aliphatic heterocycles. The molecule has 1 aromatic heterocycles. The van der Waals surface area contributed by atoms with Crippen molar-refractivity contribution in [3.8, 4) is 6.07 Å². The molecule has 5 heteroatoms. The van der Waals surface area contributed by atoms with Gasteiger partial charge in [-0.2, -0.15) is 5.26 Å². The van der Waals surface area contributed by atoms with E-state index in [-0.39, 0.29) is 0 Å². The zero-order chi connectivity index (χ0) is 11.4. The number of nitrogens with zero attached hydrogens (tertiary/aromatic N) is 2. The fourth-order valence-electron chi connectivity index (χ4n) is 1.15. The normalized spacial score (nSPS) is 9.73. The van der Waals surface area contributed by atoms with Crippen LogP contribution in [0.4, 0.5) is 0 Å². The maximum atomic E-state index is 10.3. The first-order valence-electron chi connectivity index (χ1n) is 4.25. The number of aryl methyl sites for hydroxylation is 1. The number of thioether (sulfide) groups is 1. The molecule has 0 amide bonds. The van der Waals surface area contributed by atoms with Crippen LogP contribution in [0.25, 0.3) is 0 Å². The first-order chi connectivity index (χ1) is 7.11. The quantitative estimate of drug-likeness (QED) is 0.602. The summed E-state index contributed by atoms with van der Waals surface area (Å²) in [6.45, 7) is 3.56. The van der Waals surface area contributed by atoms with Gasteiger partial charge in [-0.1, -0.05) is 23.4 Å². The molecule has 0 bridgehead atoms. The Kier molecular flexibility index (Phi) is 4.13. The van der Waals surface area contributed by atoms with Gasteiger partial charge >= 0.3 is 0 Å². The van der Waals surface area contributed by atoms with Crippen LogP contribution in [0.5, 0.6) is 0 Å². The van der Waals surface area contributed by atoms with Gasteiger partial charge in [-0.3, -0.25) is 0 Å². The van der Waals surface area contributed by atoms with Crippen LogP contribution >= 0.6 is 23.4 Å². The maximum absolute atomic E-state index is 10.3. The van der Waals surface area contributed by atoms with Gasteiger partial charge < -0.3 is 4.79 Å². The van der Waals surface area contributed by atoms with Crippen molar-refractivity contribution in [2.75, 3.05) is 5.75 Å². The molecule has 0 spiro atoms. The van der Waals surface area contributed by atoms with Gasteiger partial charge in [0.2, 0.25) is 0 Å². The molecule has 1 heterocycles. The average Bonchev–Trinajstić information content (AvgIpc) is 2.23. The van der Waals surface area contributed by atoms with Crippen LogP contribution in [-0.4, -0.2) is 17.0 Å². The van der Waals surface area contributed by atoms with Gasteiger partial charge in [0.1, 0.15) is 17.4 Å². The molecule has 0 fully saturated rings. The van der Waals surface area contributed by atoms with E-state index in [9.17, 15) is 4.79 Å². The molecule has 3 nitrogen and oxygen atoms in total. The number of carbonyl (C=O) groups excluding carboxylic acids is 1. The Morgan fingerprint density at radius 2 is 2.27 bits per heavy atom. The van der Waals surface area contributed by atoms with Gasteiger partial charge in [0.25, 0.3) is 0 Å². The predicted molar refractivity (Wildman–Crippen MR) is 60.2 cm³/mol. The van der Waals surface area contributed by atoms with Crippen LogP contribution in [0.2, 0.25) is 5.02 Å². The first kappa shape index (κ1) is 12.0. The second-order valence-corrected chi connectivity index (χ2v) is 4.29. The molecule has 15 heavy (non-hydrogen) atoms. The second-order valence-electron chi connectivity index (χ2n) is 2.91. The highest BCUT2D eigenvalue weighted by molar-refractivity contribution is 7.99. The summed E-state index contributed by atoms with van der Waals surface area (Å²) < 4.78 is 0. The Labute approximate surface area is 97.5 Å². The molecule has 0 N–H and O–H groups in total. The highest BCUT2D eigenvalue weighted by Gasteiger charge is 2.13. The number of hydrogen-bond acceptors (Lipinski definition) is 4. The summed E-state index contributed by atoms with van der Waals surface area (Å²) in [7, 11) is 0. The summed E-state index contributed by atoms with van der Waals surface area (Å²) in [5.41, 5.74) is 1.86. The zero-order valence-electron chi connectivity index (χ0n) is 8.37. The minimum absolute atomic E-state index is 0.294. The lowest BCUT2D eigenvalue weighted by molar-refractivity contribution is -0.105. The van der Waals surface area contributed by atoms with Crippen LogP contribution in [0.15, 0.2) is 5.03 Å². The van der Waals surface area contributed by atoms with Crippen LogP contribution in [-0.2, 0) is 4.79 Å². The van der Waals surface area contributed by atoms with Gasteiger partial charge in [-0.25, -0.2) is 4.98 Å². The van der Waals surface area contributed by atoms with Gasteiger partial charge in [0.05, 0.1) is 22.0 Å². The highest BCUT2D eigenvalue weighted by atomic mass is 35.5. The molecule has 0 atom stereocenters. The topological polar surface area (TPSA) is 53.8 Å². The monoisotopic (exact) mass is 240 g/mol. The van der Waals surface area contributed by atoms with Crippen molar-refractivity contribution < 1.29 is 4.79 Å². The lowest BCUT2D eigenvalue weighted by Gasteiger charge is -2.08. The summed E-state index contributed by atoms with van der Waals surface area (Å²) in [5.74, 6) is 0.294. The van der Waals surface area contributed by atoms with E-state index in [1.54, 1.807) is 13.8 Å². The minimum Gasteiger partial charge on any atom is -0.302 e. The summed E-state index contributed by atoms with van der Waals surface area (Å²) in [6, 6.07) is 2.06. The molecular weight excluding hydrogens is 232 g/mol. The maximum Gasteiger partial charge on any atom is 0.130 e. The number of halogens is 1. The Hall–Kier alpha value is -1.05. The minimum atomic E-state index is 0.294. The molecule has 0 aliphatic carbocycles. The van der Waals surface area contributed by atoms with E-state index in [1.165, 1.54) is 11.8 Å². The molecule has 0 saturated carbocycles. The zero-order valence-corrected chi connectivity index (χ0v) is 9.95. The lowest BCUT2D eigenvalue weighted by Crippen LogP contribution is -1.97. The number of rotatable bonds is 3. The molecule has 1 rings (SSSR count). The van der Waals surface area contributed by atoms with Crippen LogP contribution in [0, 0.1) is 25.2 Å². The fraction of sp³-hybridized carbons (Fsp3) is 0.300. The molecule has 0 radical (unpaired) electrons. The van der Waals surface area contributed by atoms with E-state index in [1.807, 2.05) is 0 Å². The second kappa shape index (κ2) is 5.15. The Morgan fingerprint density at radius 3 is 2.80 bits per heavy atom. The third kappa shape index (κ3) is 2.49. The summed E-state index contributed by atoms with van der Waals surface area (Å²) in [4.78, 5) is 14.4. The Morgan fingerprint density at radius 1 is 1.60 bits per heavy atom. The third-order valence-electron chi connectivity index (χ3n) is 1.90. The number of pyridine rings is 1. The van der Waals surface area contributed by atoms with Crippen LogP contribution < -0.4 is 0 Å². The Balaban J connectivity index is 3.27. The number of aldehydes is 1. The van der Waals surface area contributed by atoms with Crippen molar-refractivity contribution in [1.82, 2.24) is 4.98 Å². The third-order valence-corrected chi connectivity index (χ3v) is 3.33. The van der Waals surface area contributed by atoms with Gasteiger partial charge in [0, 0.05) is 0 Å². The van der Waals surface area contributed by atoms with E-state index >= 15 is 0 Å². The number of carbonyl (C=O) groups is 1. The van der Waals surface area contributed by atoms with Gasteiger partial charge in [-0.05, 0) is 19.4 Å². The number of hydrogen-bond donors (Lipinski definition) is 0. The SMILES string of the molecule is Cc1nc(SCC=O)c(C#N)c(C)c1Cl. The molecule has 0 aromatic carbocycles. The first-order valence-corrected chi connectivity index (χ1v) is 5.61. The van der Waals surface area contributed by atoms with E-state index in [4.69, 9.17) is 16.9 Å². The number of nitriles is 1. The van der Waals surface area contributed by atoms with Crippen molar-refractivity contribution >= 4 is 29.6 Å². The smallest absolute Gasteiger partial charge is 0.130 e. The summed E-state index contributed by atoms with van der Waals surface area (Å²) >= 11 is 7.22. The standard InChI is InChI=1S/C10H9ClN2OS/c1-6-8(5-12)10(15-4-3-14)13-7(2)9(6)11/h3H,4H2,1-2H3. The van der Waals surface area contributed by atoms with Crippen molar-refractivity contribution in [2.45, 2.75) is 18.9 Å². The van der Waals surface area contributed by atoms with Crippen molar-refractivity contribution in [3.05, 3.63) is 21.8 Å². The van der Waals surface area contributed by atoms with E-state index in [0.717, 1.165) is 11.8 Å². The lowest BCUT2D eigenvalue weighted by atomic mass is 10.1. The van der Waals surface area contributed by atoms with Crippen LogP contribution in [0.3, 0.4) is 0 Å². The average molecular weight is 241 g/mol. The van der Waals surface area contributed by atoms with Gasteiger partial charge in [0.15, 0.2) is 0 Å². The predicted octanol–water partition coefficient (Wildman–Crippen LogP) is 2.51. The van der Waals surface area contributed by atoms with Crippen molar-refractivity contribution in [3.63, 3.8) is 0 Å². The van der Waals surface area contributed by atoms with E-state index in [0.29, 0.717) is 27.1 Å². The Bertz CT molecular complexity index is 440. The van der Waals surface area contributed by atoms with E-state index in [2.05, 4.69) is 11.1 Å². The van der Waals surface area contributed by atoms with Gasteiger partial charge in [-0.15, -0.1) is 0 Å². The largest absolute Gasteiger partial charge is 0.302 e. The van der Waals surface area contributed by atoms with Crippen LogP contribution in [0.1, 0.15) is 16.8 Å². The summed E-state index contributed by atoms with van der Waals surface area (Å²) in [5, 5.41) is 10.1. The molecule has 0 saturated heterocycles. The summed E-state index contributed by atoms with van der Waals surface area (Å²) in [6.07, 6.45) is 0.784. The van der Waals surface area contributed by atoms with Crippen molar-refractivity contribution in [2.24, 2.45) is 0 Å². The van der Waals surface area contributed by atoms with Crippen molar-refractivity contribution in [1.29, 1.82) is 5.26 Å². The molecule has 1 aromatic rings.